The molecule has 0 spiro atoms. The molecule has 0 radical (unpaired) electrons. The van der Waals surface area contributed by atoms with Crippen LogP contribution in [-0.2, 0) is 14.8 Å². The minimum Gasteiger partial charge on any atom is -0.444 e. The standard InChI is InChI=1S/C24H26BN3O6S/c29-24(27-23(25(30)31)14-18-7-4-8-18)21(13-17-5-2-1-3-6-17)28-35(32,33)20-11-9-19(10-12-20)22-15-26-16-34-22/h1-3,5-6,9-13,15-16,18,23,28,30-31H,4,7-8,14H2,(H,27,29)/b21-13+/t23-/m0/s1. The Morgan fingerprint density at radius 2 is 1.86 bits per heavy atom. The molecule has 0 bridgehead atoms. The number of oxazole rings is 1. The number of hydrogen-bond acceptors (Lipinski definition) is 7. The molecule has 1 aliphatic rings. The normalized spacial score (nSPS) is 15.2. The minimum atomic E-state index is -4.13. The summed E-state index contributed by atoms with van der Waals surface area (Å²) in [7, 11) is -5.90. The van der Waals surface area contributed by atoms with Crippen LogP contribution in [0, 0.1) is 5.92 Å². The van der Waals surface area contributed by atoms with Crippen molar-refractivity contribution in [3.8, 4) is 11.3 Å². The summed E-state index contributed by atoms with van der Waals surface area (Å²) in [6.45, 7) is 0. The number of nitrogens with one attached hydrogen (secondary N) is 2. The third-order valence-electron chi connectivity index (χ3n) is 5.97. The van der Waals surface area contributed by atoms with Crippen molar-refractivity contribution in [2.45, 2.75) is 36.5 Å². The Bertz CT molecular complexity index is 1260. The summed E-state index contributed by atoms with van der Waals surface area (Å²) in [5.74, 6) is -0.889. The van der Waals surface area contributed by atoms with Gasteiger partial charge in [-0.3, -0.25) is 9.52 Å². The van der Waals surface area contributed by atoms with Crippen LogP contribution < -0.4 is 10.0 Å². The summed E-state index contributed by atoms with van der Waals surface area (Å²) in [5, 5.41) is 22.2. The average Bonchev–Trinajstić information content (AvgIpc) is 3.35. The zero-order valence-corrected chi connectivity index (χ0v) is 19.7. The number of carbonyl (C=O) groups is 1. The van der Waals surface area contributed by atoms with Gasteiger partial charge in [0.2, 0.25) is 0 Å². The van der Waals surface area contributed by atoms with Crippen molar-refractivity contribution in [2.24, 2.45) is 5.92 Å². The summed E-state index contributed by atoms with van der Waals surface area (Å²) in [5.41, 5.74) is 1.01. The molecule has 1 aliphatic carbocycles. The van der Waals surface area contributed by atoms with Crippen molar-refractivity contribution in [1.82, 2.24) is 15.0 Å². The zero-order chi connectivity index (χ0) is 24.8. The summed E-state index contributed by atoms with van der Waals surface area (Å²) in [6, 6.07) is 14.7. The van der Waals surface area contributed by atoms with E-state index < -0.39 is 29.0 Å². The maximum atomic E-state index is 13.1. The minimum absolute atomic E-state index is 0.0549. The number of benzene rings is 2. The SMILES string of the molecule is O=C(N[C@@H](CC1CCC1)B(O)O)/C(=C\c1ccccc1)NS(=O)(=O)c1ccc(-c2cnco2)cc1. The predicted molar refractivity (Wildman–Crippen MR) is 131 cm³/mol. The van der Waals surface area contributed by atoms with Gasteiger partial charge in [-0.2, -0.15) is 0 Å². The van der Waals surface area contributed by atoms with Gasteiger partial charge in [0.25, 0.3) is 15.9 Å². The van der Waals surface area contributed by atoms with Crippen LogP contribution >= 0.6 is 0 Å². The number of hydrogen-bond donors (Lipinski definition) is 4. The monoisotopic (exact) mass is 495 g/mol. The van der Waals surface area contributed by atoms with Crippen molar-refractivity contribution in [3.05, 3.63) is 78.4 Å². The first-order chi connectivity index (χ1) is 16.8. The summed E-state index contributed by atoms with van der Waals surface area (Å²) in [6.07, 6.45) is 7.59. The fourth-order valence-electron chi connectivity index (χ4n) is 3.81. The molecule has 35 heavy (non-hydrogen) atoms. The van der Waals surface area contributed by atoms with Crippen LogP contribution in [-0.4, -0.2) is 42.4 Å². The van der Waals surface area contributed by atoms with E-state index in [1.807, 2.05) is 0 Å². The Kier molecular flexibility index (Phi) is 7.69. The van der Waals surface area contributed by atoms with Gasteiger partial charge in [-0.05, 0) is 48.2 Å². The van der Waals surface area contributed by atoms with E-state index in [0.717, 1.165) is 19.3 Å². The van der Waals surface area contributed by atoms with Crippen molar-refractivity contribution in [2.75, 3.05) is 0 Å². The van der Waals surface area contributed by atoms with Crippen molar-refractivity contribution in [1.29, 1.82) is 0 Å². The number of nitrogens with zero attached hydrogens (tertiary/aromatic N) is 1. The zero-order valence-electron chi connectivity index (χ0n) is 18.9. The van der Waals surface area contributed by atoms with Crippen LogP contribution in [0.25, 0.3) is 17.4 Å². The molecular formula is C24H26BN3O6S. The Hall–Kier alpha value is -3.41. The molecule has 1 atom stereocenters. The fourth-order valence-corrected chi connectivity index (χ4v) is 4.86. The number of sulfonamides is 1. The first-order valence-electron chi connectivity index (χ1n) is 11.3. The molecule has 1 aromatic heterocycles. The first-order valence-corrected chi connectivity index (χ1v) is 12.8. The lowest BCUT2D eigenvalue weighted by Crippen LogP contribution is -2.50. The second-order valence-corrected chi connectivity index (χ2v) is 10.2. The van der Waals surface area contributed by atoms with E-state index >= 15 is 0 Å². The highest BCUT2D eigenvalue weighted by Gasteiger charge is 2.32. The molecule has 182 valence electrons. The Morgan fingerprint density at radius 3 is 2.43 bits per heavy atom. The van der Waals surface area contributed by atoms with Gasteiger partial charge in [-0.25, -0.2) is 13.4 Å². The molecule has 4 N–H and O–H groups in total. The largest absolute Gasteiger partial charge is 0.475 e. The number of carbonyl (C=O) groups excluding carboxylic acids is 1. The third kappa shape index (κ3) is 6.38. The molecule has 2 aromatic carbocycles. The molecule has 0 unspecified atom stereocenters. The van der Waals surface area contributed by atoms with Gasteiger partial charge in [-0.1, -0.05) is 49.6 Å². The molecular weight excluding hydrogens is 469 g/mol. The lowest BCUT2D eigenvalue weighted by Gasteiger charge is -2.30. The van der Waals surface area contributed by atoms with Crippen molar-refractivity contribution < 1.29 is 27.7 Å². The number of amides is 1. The van der Waals surface area contributed by atoms with E-state index in [4.69, 9.17) is 4.42 Å². The highest BCUT2D eigenvalue weighted by molar-refractivity contribution is 7.89. The van der Waals surface area contributed by atoms with Crippen LogP contribution in [0.5, 0.6) is 0 Å². The van der Waals surface area contributed by atoms with Crippen LogP contribution in [0.3, 0.4) is 0 Å². The lowest BCUT2D eigenvalue weighted by molar-refractivity contribution is -0.118. The molecule has 3 aromatic rings. The maximum Gasteiger partial charge on any atom is 0.475 e. The van der Waals surface area contributed by atoms with Gasteiger partial charge in [0, 0.05) is 5.56 Å². The van der Waals surface area contributed by atoms with Gasteiger partial charge >= 0.3 is 7.12 Å². The third-order valence-corrected chi connectivity index (χ3v) is 7.35. The second-order valence-electron chi connectivity index (χ2n) is 8.49. The van der Waals surface area contributed by atoms with E-state index in [1.54, 1.807) is 42.5 Å². The molecule has 1 amide bonds. The highest BCUT2D eigenvalue weighted by Crippen LogP contribution is 2.30. The maximum absolute atomic E-state index is 13.1. The van der Waals surface area contributed by atoms with Crippen LogP contribution in [0.15, 0.2) is 82.2 Å². The molecule has 1 saturated carbocycles. The average molecular weight is 495 g/mol. The Balaban J connectivity index is 1.57. The first kappa shape index (κ1) is 24.7. The molecule has 0 saturated heterocycles. The molecule has 11 heteroatoms. The van der Waals surface area contributed by atoms with Gasteiger partial charge in [0.05, 0.1) is 17.0 Å². The Labute approximate surface area is 204 Å². The van der Waals surface area contributed by atoms with E-state index in [1.165, 1.54) is 30.8 Å². The summed E-state index contributed by atoms with van der Waals surface area (Å²) in [4.78, 5) is 16.9. The van der Waals surface area contributed by atoms with E-state index in [-0.39, 0.29) is 10.6 Å². The van der Waals surface area contributed by atoms with Gasteiger partial charge < -0.3 is 19.8 Å². The number of rotatable bonds is 10. The molecule has 4 rings (SSSR count). The molecule has 1 fully saturated rings. The summed E-state index contributed by atoms with van der Waals surface area (Å²) >= 11 is 0. The summed E-state index contributed by atoms with van der Waals surface area (Å²) < 4.78 is 33.8. The van der Waals surface area contributed by atoms with Crippen LogP contribution in [0.1, 0.15) is 31.2 Å². The Morgan fingerprint density at radius 1 is 1.14 bits per heavy atom. The van der Waals surface area contributed by atoms with E-state index in [0.29, 0.717) is 29.2 Å². The molecule has 0 aliphatic heterocycles. The fraction of sp³-hybridized carbons (Fsp3) is 0.250. The quantitative estimate of drug-likeness (QED) is 0.250. The van der Waals surface area contributed by atoms with Gasteiger partial charge in [0.1, 0.15) is 5.70 Å². The van der Waals surface area contributed by atoms with Gasteiger partial charge in [-0.15, -0.1) is 0 Å². The van der Waals surface area contributed by atoms with Gasteiger partial charge in [0.15, 0.2) is 12.2 Å². The predicted octanol–water partition coefficient (Wildman–Crippen LogP) is 2.35. The smallest absolute Gasteiger partial charge is 0.444 e. The molecule has 9 nitrogen and oxygen atoms in total. The topological polar surface area (TPSA) is 142 Å². The van der Waals surface area contributed by atoms with Crippen molar-refractivity contribution >= 4 is 29.1 Å². The second kappa shape index (κ2) is 10.9. The van der Waals surface area contributed by atoms with Crippen LogP contribution in [0.4, 0.5) is 0 Å². The lowest BCUT2D eigenvalue weighted by atomic mass is 9.70. The van der Waals surface area contributed by atoms with Crippen molar-refractivity contribution in [3.63, 3.8) is 0 Å². The van der Waals surface area contributed by atoms with E-state index in [2.05, 4.69) is 15.0 Å². The van der Waals surface area contributed by atoms with E-state index in [9.17, 15) is 23.3 Å². The highest BCUT2D eigenvalue weighted by atomic mass is 32.2. The van der Waals surface area contributed by atoms with Crippen LogP contribution in [0.2, 0.25) is 0 Å². The number of aromatic nitrogens is 1. The molecule has 1 heterocycles.